The summed E-state index contributed by atoms with van der Waals surface area (Å²) in [6.45, 7) is 1.83. The maximum atomic E-state index is 12.9. The molecule has 0 radical (unpaired) electrons. The van der Waals surface area contributed by atoms with Gasteiger partial charge in [-0.2, -0.15) is 0 Å². The molecule has 0 bridgehead atoms. The molecule has 0 aliphatic carbocycles. The molecule has 0 aliphatic heterocycles. The number of carbonyl (C=O) groups is 2. The lowest BCUT2D eigenvalue weighted by molar-refractivity contribution is 0.0514. The van der Waals surface area contributed by atoms with Crippen LogP contribution in [0, 0.1) is 0 Å². The predicted molar refractivity (Wildman–Crippen MR) is 98.8 cm³/mol. The van der Waals surface area contributed by atoms with Gasteiger partial charge in [-0.3, -0.25) is 4.79 Å². The Morgan fingerprint density at radius 3 is 2.31 bits per heavy atom. The van der Waals surface area contributed by atoms with Crippen LogP contribution in [-0.4, -0.2) is 33.5 Å². The number of ketones is 1. The Bertz CT molecular complexity index is 944. The summed E-state index contributed by atoms with van der Waals surface area (Å²) in [4.78, 5) is 29.4. The number of ether oxygens (including phenoxy) is 1. The van der Waals surface area contributed by atoms with E-state index in [0.717, 1.165) is 4.47 Å². The van der Waals surface area contributed by atoms with Gasteiger partial charge in [-0.15, -0.1) is 10.2 Å². The van der Waals surface area contributed by atoms with Crippen LogP contribution < -0.4 is 0 Å². The van der Waals surface area contributed by atoms with E-state index in [2.05, 4.69) is 31.1 Å². The second-order valence-corrected chi connectivity index (χ2v) is 6.17. The first-order valence-corrected chi connectivity index (χ1v) is 8.67. The molecule has 26 heavy (non-hydrogen) atoms. The molecule has 3 aromatic rings. The second-order valence-electron chi connectivity index (χ2n) is 5.26. The molecule has 0 atom stereocenters. The normalized spacial score (nSPS) is 10.4. The highest BCUT2D eigenvalue weighted by Gasteiger charge is 2.24. The molecular weight excluding hydrogens is 398 g/mol. The first-order chi connectivity index (χ1) is 12.6. The highest BCUT2D eigenvalue weighted by molar-refractivity contribution is 9.10. The third-order valence-electron chi connectivity index (χ3n) is 3.51. The lowest BCUT2D eigenvalue weighted by atomic mass is 10.1. The molecule has 0 N–H and O–H groups in total. The van der Waals surface area contributed by atoms with Gasteiger partial charge < -0.3 is 4.74 Å². The zero-order chi connectivity index (χ0) is 18.5. The van der Waals surface area contributed by atoms with Crippen LogP contribution in [0.25, 0.3) is 11.4 Å². The Kier molecular flexibility index (Phi) is 5.48. The third-order valence-corrected chi connectivity index (χ3v) is 4.04. The average Bonchev–Trinajstić information content (AvgIpc) is 2.68. The zero-order valence-electron chi connectivity index (χ0n) is 13.8. The number of rotatable bonds is 5. The summed E-state index contributed by atoms with van der Waals surface area (Å²) in [7, 11) is 0. The smallest absolute Gasteiger partial charge is 0.361 e. The number of aromatic nitrogens is 3. The first-order valence-electron chi connectivity index (χ1n) is 7.87. The molecule has 1 aromatic heterocycles. The number of benzene rings is 2. The van der Waals surface area contributed by atoms with Crippen LogP contribution in [0.1, 0.15) is 33.5 Å². The van der Waals surface area contributed by atoms with Gasteiger partial charge in [0.2, 0.25) is 11.5 Å². The highest BCUT2D eigenvalue weighted by atomic mass is 79.9. The minimum Gasteiger partial charge on any atom is -0.461 e. The lowest BCUT2D eigenvalue weighted by Crippen LogP contribution is -2.18. The number of hydrogen-bond donors (Lipinski definition) is 0. The van der Waals surface area contributed by atoms with E-state index in [1.807, 2.05) is 18.2 Å². The average molecular weight is 412 g/mol. The summed E-state index contributed by atoms with van der Waals surface area (Å²) >= 11 is 3.33. The zero-order valence-corrected chi connectivity index (χ0v) is 15.4. The highest BCUT2D eigenvalue weighted by Crippen LogP contribution is 2.19. The van der Waals surface area contributed by atoms with E-state index in [1.165, 1.54) is 0 Å². The summed E-state index contributed by atoms with van der Waals surface area (Å²) in [6.07, 6.45) is 0. The maximum Gasteiger partial charge on any atom is 0.361 e. The predicted octanol–water partition coefficient (Wildman–Crippen LogP) is 3.71. The molecule has 3 rings (SSSR count). The lowest BCUT2D eigenvalue weighted by Gasteiger charge is -2.08. The van der Waals surface area contributed by atoms with E-state index in [1.54, 1.807) is 43.3 Å². The van der Waals surface area contributed by atoms with Gasteiger partial charge in [0.1, 0.15) is 5.69 Å². The molecule has 130 valence electrons. The van der Waals surface area contributed by atoms with Crippen LogP contribution in [0.4, 0.5) is 0 Å². The number of halogens is 1. The molecule has 0 saturated carbocycles. The van der Waals surface area contributed by atoms with Crippen molar-refractivity contribution in [3.63, 3.8) is 0 Å². The molecule has 2 aromatic carbocycles. The van der Waals surface area contributed by atoms with Crippen LogP contribution in [0.15, 0.2) is 59.1 Å². The standard InChI is InChI=1S/C19H14BrN3O3/c1-2-26-19(25)16-15(17(24)12-8-10-14(20)11-9-12)21-18(23-22-16)13-6-4-3-5-7-13/h3-11H,2H2,1H3. The minimum atomic E-state index is -0.729. The Balaban J connectivity index is 2.10. The van der Waals surface area contributed by atoms with Gasteiger partial charge in [-0.25, -0.2) is 9.78 Å². The number of nitrogens with zero attached hydrogens (tertiary/aromatic N) is 3. The minimum absolute atomic E-state index is 0.0837. The van der Waals surface area contributed by atoms with E-state index in [0.29, 0.717) is 11.1 Å². The molecular formula is C19H14BrN3O3. The van der Waals surface area contributed by atoms with Crippen LogP contribution >= 0.6 is 15.9 Å². The van der Waals surface area contributed by atoms with Crippen molar-refractivity contribution in [2.24, 2.45) is 0 Å². The van der Waals surface area contributed by atoms with Gasteiger partial charge in [0.15, 0.2) is 5.82 Å². The molecule has 0 saturated heterocycles. The SMILES string of the molecule is CCOC(=O)c1nnc(-c2ccccc2)nc1C(=O)c1ccc(Br)cc1. The van der Waals surface area contributed by atoms with E-state index in [-0.39, 0.29) is 23.8 Å². The summed E-state index contributed by atoms with van der Waals surface area (Å²) in [5.41, 5.74) is 0.803. The molecule has 6 nitrogen and oxygen atoms in total. The van der Waals surface area contributed by atoms with E-state index in [9.17, 15) is 9.59 Å². The molecule has 0 fully saturated rings. The summed E-state index contributed by atoms with van der Waals surface area (Å²) < 4.78 is 5.82. The van der Waals surface area contributed by atoms with Gasteiger partial charge in [0, 0.05) is 15.6 Å². The van der Waals surface area contributed by atoms with Crippen LogP contribution in [-0.2, 0) is 4.74 Å². The maximum absolute atomic E-state index is 12.9. The fourth-order valence-electron chi connectivity index (χ4n) is 2.27. The molecule has 0 aliphatic rings. The van der Waals surface area contributed by atoms with Crippen LogP contribution in [0.5, 0.6) is 0 Å². The Morgan fingerprint density at radius 2 is 1.65 bits per heavy atom. The van der Waals surface area contributed by atoms with Gasteiger partial charge in [-0.05, 0) is 31.2 Å². The van der Waals surface area contributed by atoms with Gasteiger partial charge in [0.05, 0.1) is 6.61 Å². The Morgan fingerprint density at radius 1 is 0.962 bits per heavy atom. The molecule has 0 spiro atoms. The topological polar surface area (TPSA) is 82.0 Å². The van der Waals surface area contributed by atoms with Gasteiger partial charge in [-0.1, -0.05) is 46.3 Å². The van der Waals surface area contributed by atoms with Gasteiger partial charge in [0.25, 0.3) is 0 Å². The van der Waals surface area contributed by atoms with Gasteiger partial charge >= 0.3 is 5.97 Å². The first kappa shape index (κ1) is 17.9. The van der Waals surface area contributed by atoms with E-state index < -0.39 is 11.8 Å². The van der Waals surface area contributed by atoms with Crippen molar-refractivity contribution in [2.45, 2.75) is 6.92 Å². The van der Waals surface area contributed by atoms with Crippen molar-refractivity contribution in [1.29, 1.82) is 0 Å². The quantitative estimate of drug-likeness (QED) is 0.470. The number of hydrogen-bond acceptors (Lipinski definition) is 6. The van der Waals surface area contributed by atoms with E-state index >= 15 is 0 Å². The molecule has 1 heterocycles. The van der Waals surface area contributed by atoms with Crippen molar-refractivity contribution >= 4 is 27.7 Å². The Hall–Kier alpha value is -2.93. The fraction of sp³-hybridized carbons (Fsp3) is 0.105. The number of esters is 1. The van der Waals surface area contributed by atoms with Crippen molar-refractivity contribution in [2.75, 3.05) is 6.61 Å². The molecule has 0 unspecified atom stereocenters. The van der Waals surface area contributed by atoms with Crippen molar-refractivity contribution in [3.8, 4) is 11.4 Å². The monoisotopic (exact) mass is 411 g/mol. The van der Waals surface area contributed by atoms with Crippen molar-refractivity contribution in [1.82, 2.24) is 15.2 Å². The van der Waals surface area contributed by atoms with Crippen molar-refractivity contribution in [3.05, 3.63) is 76.0 Å². The third kappa shape index (κ3) is 3.83. The Labute approximate surface area is 158 Å². The van der Waals surface area contributed by atoms with E-state index in [4.69, 9.17) is 4.74 Å². The fourth-order valence-corrected chi connectivity index (χ4v) is 2.53. The van der Waals surface area contributed by atoms with Crippen LogP contribution in [0.2, 0.25) is 0 Å². The van der Waals surface area contributed by atoms with Crippen LogP contribution in [0.3, 0.4) is 0 Å². The molecule has 0 amide bonds. The molecule has 7 heteroatoms. The second kappa shape index (κ2) is 7.97. The summed E-state index contributed by atoms with van der Waals surface area (Å²) in [5.74, 6) is -0.890. The number of carbonyl (C=O) groups excluding carboxylic acids is 2. The summed E-state index contributed by atoms with van der Waals surface area (Å²) in [6, 6.07) is 15.9. The summed E-state index contributed by atoms with van der Waals surface area (Å²) in [5, 5.41) is 7.90. The largest absolute Gasteiger partial charge is 0.461 e. The van der Waals surface area contributed by atoms with Crippen molar-refractivity contribution < 1.29 is 14.3 Å².